The summed E-state index contributed by atoms with van der Waals surface area (Å²) in [6.07, 6.45) is 0. The van der Waals surface area contributed by atoms with E-state index in [1.807, 2.05) is 0 Å². The number of benzene rings is 1. The minimum atomic E-state index is 0.178. The van der Waals surface area contributed by atoms with Gasteiger partial charge in [0.15, 0.2) is 0 Å². The summed E-state index contributed by atoms with van der Waals surface area (Å²) in [5, 5.41) is 3.32. The number of nitrogens with zero attached hydrogens (tertiary/aromatic N) is 1. The van der Waals surface area contributed by atoms with E-state index in [4.69, 9.17) is 4.74 Å². The molecule has 1 aromatic rings. The Morgan fingerprint density at radius 2 is 2.00 bits per heavy atom. The monoisotopic (exact) mass is 262 g/mol. The van der Waals surface area contributed by atoms with Gasteiger partial charge in [-0.3, -0.25) is 4.90 Å². The fourth-order valence-corrected chi connectivity index (χ4v) is 2.35. The maximum Gasteiger partial charge on any atom is 0.123 e. The number of likely N-dealkylation sites (N-methyl/N-ethyl adjacent to an activating group) is 1. The van der Waals surface area contributed by atoms with E-state index < -0.39 is 0 Å². The Balaban J connectivity index is 2.20. The van der Waals surface area contributed by atoms with Gasteiger partial charge in [0.05, 0.1) is 7.11 Å². The average molecular weight is 262 g/mol. The van der Waals surface area contributed by atoms with Gasteiger partial charge in [-0.15, -0.1) is 0 Å². The second kappa shape index (κ2) is 5.51. The topological polar surface area (TPSA) is 24.5 Å². The summed E-state index contributed by atoms with van der Waals surface area (Å²) < 4.78 is 5.50. The molecule has 1 aromatic carbocycles. The Hall–Kier alpha value is -1.06. The van der Waals surface area contributed by atoms with Gasteiger partial charge in [-0.2, -0.15) is 0 Å². The van der Waals surface area contributed by atoms with E-state index >= 15 is 0 Å². The highest BCUT2D eigenvalue weighted by molar-refractivity contribution is 5.39. The largest absolute Gasteiger partial charge is 0.496 e. The van der Waals surface area contributed by atoms with Crippen molar-refractivity contribution in [1.82, 2.24) is 10.2 Å². The molecule has 3 nitrogen and oxygen atoms in total. The van der Waals surface area contributed by atoms with Crippen molar-refractivity contribution in [3.63, 3.8) is 0 Å². The second-order valence-electron chi connectivity index (χ2n) is 6.50. The second-order valence-corrected chi connectivity index (χ2v) is 6.50. The third-order valence-corrected chi connectivity index (χ3v) is 3.95. The highest BCUT2D eigenvalue weighted by Crippen LogP contribution is 2.29. The lowest BCUT2D eigenvalue weighted by Crippen LogP contribution is -2.55. The summed E-state index contributed by atoms with van der Waals surface area (Å²) in [4.78, 5) is 2.40. The summed E-state index contributed by atoms with van der Waals surface area (Å²) in [6, 6.07) is 7.22. The molecule has 0 unspecified atom stereocenters. The molecule has 2 rings (SSSR count). The molecule has 0 amide bonds. The molecule has 1 fully saturated rings. The molecule has 1 aliphatic rings. The van der Waals surface area contributed by atoms with Crippen molar-refractivity contribution in [3.8, 4) is 5.75 Å². The summed E-state index contributed by atoms with van der Waals surface area (Å²) in [6.45, 7) is 9.88. The Morgan fingerprint density at radius 3 is 2.47 bits per heavy atom. The van der Waals surface area contributed by atoms with Crippen LogP contribution in [0.3, 0.4) is 0 Å². The Kier molecular flexibility index (Phi) is 4.16. The van der Waals surface area contributed by atoms with Crippen LogP contribution in [-0.4, -0.2) is 38.2 Å². The molecule has 0 atom stereocenters. The SMILES string of the molecule is COc1ccc(C(C)(C)C)cc1CN(C)C1CNC1. The molecular formula is C16H26N2O. The standard InChI is InChI=1S/C16H26N2O/c1-16(2,3)13-6-7-15(19-5)12(8-13)11-18(4)14-9-17-10-14/h6-8,14,17H,9-11H2,1-5H3. The molecule has 0 bridgehead atoms. The lowest BCUT2D eigenvalue weighted by molar-refractivity contribution is 0.171. The zero-order valence-electron chi connectivity index (χ0n) is 12.8. The predicted octanol–water partition coefficient (Wildman–Crippen LogP) is 2.40. The third-order valence-electron chi connectivity index (χ3n) is 3.95. The van der Waals surface area contributed by atoms with Crippen molar-refractivity contribution in [2.45, 2.75) is 38.8 Å². The third kappa shape index (κ3) is 3.28. The van der Waals surface area contributed by atoms with Crippen molar-refractivity contribution >= 4 is 0 Å². The van der Waals surface area contributed by atoms with E-state index in [0.717, 1.165) is 25.4 Å². The van der Waals surface area contributed by atoms with Gasteiger partial charge in [0, 0.05) is 31.2 Å². The van der Waals surface area contributed by atoms with Crippen LogP contribution in [0, 0.1) is 0 Å². The predicted molar refractivity (Wildman–Crippen MR) is 79.8 cm³/mol. The van der Waals surface area contributed by atoms with Crippen LogP contribution >= 0.6 is 0 Å². The number of rotatable bonds is 4. The van der Waals surface area contributed by atoms with Gasteiger partial charge in [-0.05, 0) is 24.1 Å². The van der Waals surface area contributed by atoms with Crippen molar-refractivity contribution in [2.75, 3.05) is 27.2 Å². The Labute approximate surface area is 116 Å². The molecule has 106 valence electrons. The van der Waals surface area contributed by atoms with Gasteiger partial charge >= 0.3 is 0 Å². The van der Waals surface area contributed by atoms with Crippen LogP contribution in [0.25, 0.3) is 0 Å². The zero-order valence-corrected chi connectivity index (χ0v) is 12.8. The minimum absolute atomic E-state index is 0.178. The van der Waals surface area contributed by atoms with Crippen LogP contribution in [0.15, 0.2) is 18.2 Å². The highest BCUT2D eigenvalue weighted by atomic mass is 16.5. The highest BCUT2D eigenvalue weighted by Gasteiger charge is 2.23. The smallest absolute Gasteiger partial charge is 0.123 e. The van der Waals surface area contributed by atoms with Gasteiger partial charge in [-0.1, -0.05) is 32.9 Å². The van der Waals surface area contributed by atoms with E-state index in [2.05, 4.69) is 56.2 Å². The van der Waals surface area contributed by atoms with Crippen LogP contribution in [0.1, 0.15) is 31.9 Å². The maximum atomic E-state index is 5.50. The summed E-state index contributed by atoms with van der Waals surface area (Å²) in [5.74, 6) is 0.993. The maximum absolute atomic E-state index is 5.50. The Morgan fingerprint density at radius 1 is 1.32 bits per heavy atom. The lowest BCUT2D eigenvalue weighted by atomic mass is 9.86. The van der Waals surface area contributed by atoms with Crippen molar-refractivity contribution in [1.29, 1.82) is 0 Å². The molecular weight excluding hydrogens is 236 g/mol. The molecule has 1 heterocycles. The van der Waals surface area contributed by atoms with Crippen LogP contribution in [0.5, 0.6) is 5.75 Å². The first-order valence-electron chi connectivity index (χ1n) is 7.00. The van der Waals surface area contributed by atoms with Gasteiger partial charge in [-0.25, -0.2) is 0 Å². The molecule has 0 spiro atoms. The van der Waals surface area contributed by atoms with Crippen LogP contribution in [-0.2, 0) is 12.0 Å². The van der Waals surface area contributed by atoms with Gasteiger partial charge in [0.25, 0.3) is 0 Å². The van der Waals surface area contributed by atoms with Crippen LogP contribution in [0.4, 0.5) is 0 Å². The molecule has 0 aromatic heterocycles. The molecule has 0 saturated carbocycles. The number of hydrogen-bond acceptors (Lipinski definition) is 3. The summed E-state index contributed by atoms with van der Waals surface area (Å²) >= 11 is 0. The van der Waals surface area contributed by atoms with E-state index in [0.29, 0.717) is 6.04 Å². The average Bonchev–Trinajstić information content (AvgIpc) is 2.25. The molecule has 1 saturated heterocycles. The quantitative estimate of drug-likeness (QED) is 0.902. The molecule has 3 heteroatoms. The van der Waals surface area contributed by atoms with Gasteiger partial charge in [0.1, 0.15) is 5.75 Å². The summed E-state index contributed by atoms with van der Waals surface area (Å²) in [5.41, 5.74) is 2.82. The number of nitrogens with one attached hydrogen (secondary N) is 1. The number of ether oxygens (including phenoxy) is 1. The van der Waals surface area contributed by atoms with Gasteiger partial charge in [0.2, 0.25) is 0 Å². The molecule has 1 N–H and O–H groups in total. The van der Waals surface area contributed by atoms with E-state index in [-0.39, 0.29) is 5.41 Å². The first kappa shape index (κ1) is 14.4. The molecule has 0 radical (unpaired) electrons. The van der Waals surface area contributed by atoms with E-state index in [1.54, 1.807) is 7.11 Å². The van der Waals surface area contributed by atoms with Crippen molar-refractivity contribution in [3.05, 3.63) is 29.3 Å². The fraction of sp³-hybridized carbons (Fsp3) is 0.625. The molecule has 0 aliphatic carbocycles. The minimum Gasteiger partial charge on any atom is -0.496 e. The van der Waals surface area contributed by atoms with Crippen molar-refractivity contribution in [2.24, 2.45) is 0 Å². The fourth-order valence-electron chi connectivity index (χ4n) is 2.35. The Bertz CT molecular complexity index is 433. The van der Waals surface area contributed by atoms with Crippen LogP contribution in [0.2, 0.25) is 0 Å². The summed E-state index contributed by atoms with van der Waals surface area (Å²) in [7, 11) is 3.94. The molecule has 1 aliphatic heterocycles. The first-order chi connectivity index (χ1) is 8.91. The van der Waals surface area contributed by atoms with E-state index in [1.165, 1.54) is 11.1 Å². The van der Waals surface area contributed by atoms with E-state index in [9.17, 15) is 0 Å². The zero-order chi connectivity index (χ0) is 14.0. The number of hydrogen-bond donors (Lipinski definition) is 1. The number of methoxy groups -OCH3 is 1. The van der Waals surface area contributed by atoms with Gasteiger partial charge < -0.3 is 10.1 Å². The van der Waals surface area contributed by atoms with Crippen molar-refractivity contribution < 1.29 is 4.74 Å². The first-order valence-corrected chi connectivity index (χ1v) is 7.00. The normalized spacial score (nSPS) is 16.5. The lowest BCUT2D eigenvalue weighted by Gasteiger charge is -2.36. The van der Waals surface area contributed by atoms with Crippen LogP contribution < -0.4 is 10.1 Å². The molecule has 19 heavy (non-hydrogen) atoms.